The number of furan rings is 1. The van der Waals surface area contributed by atoms with Gasteiger partial charge in [-0.25, -0.2) is 4.79 Å². The van der Waals surface area contributed by atoms with Gasteiger partial charge >= 0.3 is 5.97 Å². The summed E-state index contributed by atoms with van der Waals surface area (Å²) in [5.41, 5.74) is 1.45. The van der Waals surface area contributed by atoms with Crippen molar-refractivity contribution in [2.24, 2.45) is 0 Å². The van der Waals surface area contributed by atoms with Gasteiger partial charge in [0.1, 0.15) is 11.5 Å². The quantitative estimate of drug-likeness (QED) is 0.370. The first-order valence-corrected chi connectivity index (χ1v) is 11.0. The highest BCUT2D eigenvalue weighted by Crippen LogP contribution is 2.35. The van der Waals surface area contributed by atoms with Crippen LogP contribution >= 0.6 is 11.8 Å². The molecule has 0 atom stereocenters. The number of thioether (sulfide) groups is 1. The van der Waals surface area contributed by atoms with Gasteiger partial charge < -0.3 is 9.52 Å². The van der Waals surface area contributed by atoms with Crippen LogP contribution in [0.25, 0.3) is 28.2 Å². The Morgan fingerprint density at radius 2 is 1.70 bits per heavy atom. The smallest absolute Gasteiger partial charge is 0.336 e. The molecule has 3 aromatic carbocycles. The number of carbonyl (C=O) groups is 3. The molecule has 1 fully saturated rings. The summed E-state index contributed by atoms with van der Waals surface area (Å²) >= 11 is 0.859. The first-order chi connectivity index (χ1) is 16.0. The molecule has 1 aromatic heterocycles. The Morgan fingerprint density at radius 1 is 0.939 bits per heavy atom. The molecular weight excluding hydrogens is 438 g/mol. The maximum absolute atomic E-state index is 13.0. The number of imide groups is 1. The number of carboxylic acid groups (broad SMARTS) is 1. The number of benzene rings is 3. The maximum Gasteiger partial charge on any atom is 0.336 e. The summed E-state index contributed by atoms with van der Waals surface area (Å²) in [5.74, 6) is -0.713. The zero-order valence-electron chi connectivity index (χ0n) is 17.2. The molecule has 4 aromatic rings. The Hall–Kier alpha value is -4.10. The minimum absolute atomic E-state index is 0.119. The second-order valence-corrected chi connectivity index (χ2v) is 8.45. The van der Waals surface area contributed by atoms with Crippen LogP contribution in [0.1, 0.15) is 21.7 Å². The van der Waals surface area contributed by atoms with Crippen LogP contribution < -0.4 is 0 Å². The van der Waals surface area contributed by atoms with Crippen LogP contribution in [0, 0.1) is 0 Å². The number of aromatic carboxylic acids is 1. The number of hydrogen-bond acceptors (Lipinski definition) is 5. The van der Waals surface area contributed by atoms with Crippen LogP contribution in [-0.2, 0) is 11.3 Å². The second kappa shape index (κ2) is 8.44. The molecule has 0 aliphatic carbocycles. The van der Waals surface area contributed by atoms with E-state index in [0.717, 1.165) is 28.1 Å². The van der Waals surface area contributed by atoms with E-state index >= 15 is 0 Å². The van der Waals surface area contributed by atoms with Gasteiger partial charge in [-0.15, -0.1) is 0 Å². The first kappa shape index (κ1) is 20.8. The standard InChI is InChI=1S/C26H17NO5S/c28-24-23(14-18-12-13-22(32-18)20-10-3-4-11-21(20)25(29)30)33-26(31)27(24)15-17-8-5-7-16-6-1-2-9-19(16)17/h1-14H,15H2,(H,29,30)/b23-14-. The van der Waals surface area contributed by atoms with Gasteiger partial charge in [0.2, 0.25) is 0 Å². The van der Waals surface area contributed by atoms with E-state index in [2.05, 4.69) is 0 Å². The molecule has 2 amide bonds. The Kier molecular flexibility index (Phi) is 5.32. The monoisotopic (exact) mass is 455 g/mol. The number of fused-ring (bicyclic) bond motifs is 1. The topological polar surface area (TPSA) is 87.8 Å². The Balaban J connectivity index is 1.41. The molecular formula is C26H17NO5S. The van der Waals surface area contributed by atoms with Crippen molar-refractivity contribution in [3.05, 3.63) is 101 Å². The molecule has 1 saturated heterocycles. The lowest BCUT2D eigenvalue weighted by Gasteiger charge is -2.14. The van der Waals surface area contributed by atoms with Crippen molar-refractivity contribution in [1.29, 1.82) is 0 Å². The molecule has 6 nitrogen and oxygen atoms in total. The SMILES string of the molecule is O=C(O)c1ccccc1-c1ccc(/C=C2\SC(=O)N(Cc3cccc4ccccc34)C2=O)o1. The normalized spacial score (nSPS) is 15.0. The molecule has 0 spiro atoms. The summed E-state index contributed by atoms with van der Waals surface area (Å²) in [5, 5.41) is 11.1. The van der Waals surface area contributed by atoms with E-state index in [9.17, 15) is 19.5 Å². The lowest BCUT2D eigenvalue weighted by Crippen LogP contribution is -2.27. The second-order valence-electron chi connectivity index (χ2n) is 7.46. The molecule has 0 bridgehead atoms. The lowest BCUT2D eigenvalue weighted by molar-refractivity contribution is -0.123. The van der Waals surface area contributed by atoms with Crippen molar-refractivity contribution >= 4 is 45.7 Å². The van der Waals surface area contributed by atoms with Crippen molar-refractivity contribution in [3.63, 3.8) is 0 Å². The fourth-order valence-electron chi connectivity index (χ4n) is 3.83. The molecule has 1 N–H and O–H groups in total. The number of carboxylic acids is 1. The summed E-state index contributed by atoms with van der Waals surface area (Å²) in [6.07, 6.45) is 1.51. The van der Waals surface area contributed by atoms with E-state index in [1.54, 1.807) is 30.3 Å². The average molecular weight is 455 g/mol. The number of carbonyl (C=O) groups excluding carboxylic acids is 2. The van der Waals surface area contributed by atoms with E-state index < -0.39 is 5.97 Å². The van der Waals surface area contributed by atoms with Crippen molar-refractivity contribution in [2.75, 3.05) is 0 Å². The van der Waals surface area contributed by atoms with Crippen LogP contribution in [0.3, 0.4) is 0 Å². The van der Waals surface area contributed by atoms with E-state index in [1.165, 1.54) is 17.0 Å². The third-order valence-corrected chi connectivity index (χ3v) is 6.31. The van der Waals surface area contributed by atoms with Crippen molar-refractivity contribution in [2.45, 2.75) is 6.54 Å². The first-order valence-electron chi connectivity index (χ1n) is 10.2. The zero-order valence-corrected chi connectivity index (χ0v) is 18.0. The minimum Gasteiger partial charge on any atom is -0.478 e. The Labute approximate surface area is 193 Å². The predicted molar refractivity (Wildman–Crippen MR) is 127 cm³/mol. The van der Waals surface area contributed by atoms with Gasteiger partial charge in [-0.05, 0) is 46.3 Å². The summed E-state index contributed by atoms with van der Waals surface area (Å²) < 4.78 is 5.78. The molecule has 7 heteroatoms. The third-order valence-electron chi connectivity index (χ3n) is 5.41. The van der Waals surface area contributed by atoms with Gasteiger partial charge in [-0.3, -0.25) is 14.5 Å². The largest absolute Gasteiger partial charge is 0.478 e. The highest BCUT2D eigenvalue weighted by Gasteiger charge is 2.35. The van der Waals surface area contributed by atoms with Crippen molar-refractivity contribution in [3.8, 4) is 11.3 Å². The third kappa shape index (κ3) is 3.94. The molecule has 162 valence electrons. The maximum atomic E-state index is 13.0. The van der Waals surface area contributed by atoms with Crippen molar-refractivity contribution in [1.82, 2.24) is 4.90 Å². The summed E-state index contributed by atoms with van der Waals surface area (Å²) in [6.45, 7) is 0.179. The number of amides is 2. The summed E-state index contributed by atoms with van der Waals surface area (Å²) in [6, 6.07) is 23.5. The summed E-state index contributed by atoms with van der Waals surface area (Å²) in [7, 11) is 0. The fraction of sp³-hybridized carbons (Fsp3) is 0.0385. The zero-order chi connectivity index (χ0) is 22.9. The van der Waals surface area contributed by atoms with Crippen LogP contribution in [0.2, 0.25) is 0 Å². The van der Waals surface area contributed by atoms with E-state index in [0.29, 0.717) is 17.1 Å². The van der Waals surface area contributed by atoms with Crippen LogP contribution in [0.4, 0.5) is 4.79 Å². The van der Waals surface area contributed by atoms with E-state index in [4.69, 9.17) is 4.42 Å². The molecule has 5 rings (SSSR count). The Bertz CT molecular complexity index is 1450. The van der Waals surface area contributed by atoms with Gasteiger partial charge in [0, 0.05) is 11.6 Å². The number of nitrogens with zero attached hydrogens (tertiary/aromatic N) is 1. The fourth-order valence-corrected chi connectivity index (χ4v) is 4.64. The van der Waals surface area contributed by atoms with Crippen LogP contribution in [-0.4, -0.2) is 27.1 Å². The molecule has 0 saturated carbocycles. The van der Waals surface area contributed by atoms with Gasteiger partial charge in [-0.1, -0.05) is 60.7 Å². The highest BCUT2D eigenvalue weighted by atomic mass is 32.2. The van der Waals surface area contributed by atoms with Crippen LogP contribution in [0.15, 0.2) is 88.2 Å². The van der Waals surface area contributed by atoms with Gasteiger partial charge in [0.05, 0.1) is 17.0 Å². The molecule has 2 heterocycles. The number of hydrogen-bond donors (Lipinski definition) is 1. The highest BCUT2D eigenvalue weighted by molar-refractivity contribution is 8.18. The predicted octanol–water partition coefficient (Wildman–Crippen LogP) is 6.03. The van der Waals surface area contributed by atoms with Gasteiger partial charge in [0.15, 0.2) is 0 Å². The summed E-state index contributed by atoms with van der Waals surface area (Å²) in [4.78, 5) is 38.5. The van der Waals surface area contributed by atoms with E-state index in [-0.39, 0.29) is 28.2 Å². The van der Waals surface area contributed by atoms with Crippen molar-refractivity contribution < 1.29 is 23.9 Å². The van der Waals surface area contributed by atoms with Gasteiger partial charge in [-0.2, -0.15) is 0 Å². The minimum atomic E-state index is -1.06. The molecule has 0 unspecified atom stereocenters. The van der Waals surface area contributed by atoms with Crippen LogP contribution in [0.5, 0.6) is 0 Å². The molecule has 0 radical (unpaired) electrons. The molecule has 33 heavy (non-hydrogen) atoms. The van der Waals surface area contributed by atoms with E-state index in [1.807, 2.05) is 42.5 Å². The average Bonchev–Trinajstić information content (AvgIpc) is 3.39. The molecule has 1 aliphatic heterocycles. The Morgan fingerprint density at radius 3 is 2.55 bits per heavy atom. The molecule has 1 aliphatic rings. The lowest BCUT2D eigenvalue weighted by atomic mass is 10.0. The van der Waals surface area contributed by atoms with Gasteiger partial charge in [0.25, 0.3) is 11.1 Å². The number of rotatable bonds is 5.